The van der Waals surface area contributed by atoms with Crippen molar-refractivity contribution in [2.45, 2.75) is 6.92 Å². The lowest BCUT2D eigenvalue weighted by Crippen LogP contribution is -1.91. The molecule has 0 aliphatic heterocycles. The Morgan fingerprint density at radius 2 is 2.27 bits per heavy atom. The van der Waals surface area contributed by atoms with Gasteiger partial charge in [-0.3, -0.25) is 4.98 Å². The summed E-state index contributed by atoms with van der Waals surface area (Å²) in [5.74, 6) is -0.886. The van der Waals surface area contributed by atoms with Crippen LogP contribution in [-0.2, 0) is 0 Å². The molecule has 2 rings (SSSR count). The molecule has 0 fully saturated rings. The van der Waals surface area contributed by atoms with Gasteiger partial charge >= 0.3 is 5.97 Å². The second-order valence-corrected chi connectivity index (χ2v) is 4.10. The Labute approximate surface area is 91.0 Å². The molecule has 0 saturated heterocycles. The van der Waals surface area contributed by atoms with Gasteiger partial charge in [-0.25, -0.2) is 4.79 Å². The predicted octanol–water partition coefficient (Wildman–Crippen LogP) is 2.82. The first-order valence-electron chi connectivity index (χ1n) is 4.41. The summed E-state index contributed by atoms with van der Waals surface area (Å²) >= 11 is 1.43. The largest absolute Gasteiger partial charge is 0.478 e. The number of carboxylic acids is 1. The van der Waals surface area contributed by atoms with Crippen molar-refractivity contribution in [2.75, 3.05) is 0 Å². The van der Waals surface area contributed by atoms with Crippen molar-refractivity contribution in [1.29, 1.82) is 0 Å². The third kappa shape index (κ3) is 2.05. The Hall–Kier alpha value is -1.68. The van der Waals surface area contributed by atoms with Gasteiger partial charge in [-0.15, -0.1) is 11.3 Å². The smallest absolute Gasteiger partial charge is 0.336 e. The van der Waals surface area contributed by atoms with Crippen LogP contribution in [0.3, 0.4) is 0 Å². The number of hydrogen-bond donors (Lipinski definition) is 1. The fourth-order valence-corrected chi connectivity index (χ4v) is 2.18. The van der Waals surface area contributed by atoms with Crippen molar-refractivity contribution in [3.8, 4) is 10.4 Å². The van der Waals surface area contributed by atoms with Crippen molar-refractivity contribution in [1.82, 2.24) is 4.98 Å². The highest BCUT2D eigenvalue weighted by Crippen LogP contribution is 2.27. The van der Waals surface area contributed by atoms with Crippen molar-refractivity contribution in [3.63, 3.8) is 0 Å². The van der Waals surface area contributed by atoms with Gasteiger partial charge in [0.25, 0.3) is 0 Å². The summed E-state index contributed by atoms with van der Waals surface area (Å²) in [6.45, 7) is 1.91. The third-order valence-corrected chi connectivity index (χ3v) is 3.01. The van der Waals surface area contributed by atoms with Gasteiger partial charge < -0.3 is 5.11 Å². The van der Waals surface area contributed by atoms with Crippen LogP contribution in [0.15, 0.2) is 29.8 Å². The quantitative estimate of drug-likeness (QED) is 0.844. The Kier molecular flexibility index (Phi) is 2.51. The summed E-state index contributed by atoms with van der Waals surface area (Å²) in [5.41, 5.74) is 2.28. The van der Waals surface area contributed by atoms with Gasteiger partial charge in [-0.05, 0) is 30.7 Å². The van der Waals surface area contributed by atoms with Gasteiger partial charge in [-0.1, -0.05) is 0 Å². The van der Waals surface area contributed by atoms with Crippen molar-refractivity contribution in [2.24, 2.45) is 0 Å². The van der Waals surface area contributed by atoms with Gasteiger partial charge in [-0.2, -0.15) is 0 Å². The number of aromatic nitrogens is 1. The SMILES string of the molecule is Cc1cc(-c2cc(C(=O)O)cs2)ccn1. The van der Waals surface area contributed by atoms with Gasteiger partial charge in [0.2, 0.25) is 0 Å². The maximum atomic E-state index is 10.7. The lowest BCUT2D eigenvalue weighted by Gasteiger charge is -1.97. The van der Waals surface area contributed by atoms with Gasteiger partial charge in [0.15, 0.2) is 0 Å². The number of thiophene rings is 1. The first-order chi connectivity index (χ1) is 7.16. The molecule has 15 heavy (non-hydrogen) atoms. The molecule has 0 saturated carbocycles. The zero-order chi connectivity index (χ0) is 10.8. The van der Waals surface area contributed by atoms with E-state index in [2.05, 4.69) is 4.98 Å². The first-order valence-corrected chi connectivity index (χ1v) is 5.29. The molecular weight excluding hydrogens is 210 g/mol. The second kappa shape index (κ2) is 3.82. The van der Waals surface area contributed by atoms with Crippen molar-refractivity contribution >= 4 is 17.3 Å². The van der Waals surface area contributed by atoms with Crippen LogP contribution in [0.4, 0.5) is 0 Å². The third-order valence-electron chi connectivity index (χ3n) is 2.03. The fourth-order valence-electron chi connectivity index (χ4n) is 1.30. The highest BCUT2D eigenvalue weighted by Gasteiger charge is 2.07. The highest BCUT2D eigenvalue weighted by molar-refractivity contribution is 7.13. The summed E-state index contributed by atoms with van der Waals surface area (Å²) < 4.78 is 0. The molecule has 0 radical (unpaired) electrons. The van der Waals surface area contributed by atoms with Crippen LogP contribution in [0.2, 0.25) is 0 Å². The molecule has 0 aliphatic carbocycles. The molecule has 0 amide bonds. The summed E-state index contributed by atoms with van der Waals surface area (Å²) in [7, 11) is 0. The van der Waals surface area contributed by atoms with Crippen LogP contribution < -0.4 is 0 Å². The molecule has 0 unspecified atom stereocenters. The summed E-state index contributed by atoms with van der Waals surface area (Å²) in [5, 5.41) is 10.4. The molecule has 2 aromatic heterocycles. The van der Waals surface area contributed by atoms with Gasteiger partial charge in [0, 0.05) is 22.1 Å². The molecule has 1 N–H and O–H groups in total. The number of pyridine rings is 1. The average molecular weight is 219 g/mol. The highest BCUT2D eigenvalue weighted by atomic mass is 32.1. The van der Waals surface area contributed by atoms with E-state index in [4.69, 9.17) is 5.11 Å². The molecule has 3 nitrogen and oxygen atoms in total. The number of nitrogens with zero attached hydrogens (tertiary/aromatic N) is 1. The summed E-state index contributed by atoms with van der Waals surface area (Å²) in [6, 6.07) is 5.50. The predicted molar refractivity (Wildman–Crippen MR) is 59.2 cm³/mol. The van der Waals surface area contributed by atoms with E-state index in [0.29, 0.717) is 5.56 Å². The van der Waals surface area contributed by atoms with Crippen LogP contribution in [-0.4, -0.2) is 16.1 Å². The number of aromatic carboxylic acids is 1. The standard InChI is InChI=1S/C11H9NO2S/c1-7-4-8(2-3-12-7)10-5-9(6-15-10)11(13)14/h2-6H,1H3,(H,13,14). The van der Waals surface area contributed by atoms with Crippen LogP contribution >= 0.6 is 11.3 Å². The zero-order valence-electron chi connectivity index (χ0n) is 8.10. The molecule has 2 aromatic rings. The van der Waals surface area contributed by atoms with Crippen LogP contribution in [0.1, 0.15) is 16.1 Å². The van der Waals surface area contributed by atoms with E-state index in [0.717, 1.165) is 16.1 Å². The van der Waals surface area contributed by atoms with Crippen LogP contribution in [0.25, 0.3) is 10.4 Å². The maximum absolute atomic E-state index is 10.7. The average Bonchev–Trinajstić information content (AvgIpc) is 2.66. The van der Waals surface area contributed by atoms with E-state index >= 15 is 0 Å². The van der Waals surface area contributed by atoms with Gasteiger partial charge in [0.1, 0.15) is 0 Å². The molecule has 76 valence electrons. The first kappa shape index (κ1) is 9.86. The molecule has 0 atom stereocenters. The second-order valence-electron chi connectivity index (χ2n) is 3.19. The zero-order valence-corrected chi connectivity index (χ0v) is 8.91. The minimum absolute atomic E-state index is 0.337. The number of carbonyl (C=O) groups is 1. The van der Waals surface area contributed by atoms with E-state index in [1.54, 1.807) is 17.6 Å². The Bertz CT molecular complexity index is 505. The number of hydrogen-bond acceptors (Lipinski definition) is 3. The van der Waals surface area contributed by atoms with E-state index in [-0.39, 0.29) is 0 Å². The van der Waals surface area contributed by atoms with Crippen molar-refractivity contribution < 1.29 is 9.90 Å². The van der Waals surface area contributed by atoms with Crippen LogP contribution in [0.5, 0.6) is 0 Å². The molecule has 0 aromatic carbocycles. The number of rotatable bonds is 2. The van der Waals surface area contributed by atoms with E-state index in [1.807, 2.05) is 19.1 Å². The van der Waals surface area contributed by atoms with Gasteiger partial charge in [0.05, 0.1) is 5.56 Å². The molecule has 0 aliphatic rings. The summed E-state index contributed by atoms with van der Waals surface area (Å²) in [6.07, 6.45) is 1.73. The van der Waals surface area contributed by atoms with E-state index in [9.17, 15) is 4.79 Å². The minimum Gasteiger partial charge on any atom is -0.478 e. The molecule has 4 heteroatoms. The van der Waals surface area contributed by atoms with Crippen LogP contribution in [0, 0.1) is 6.92 Å². The molecule has 2 heterocycles. The fraction of sp³-hybridized carbons (Fsp3) is 0.0909. The normalized spacial score (nSPS) is 10.2. The molecular formula is C11H9NO2S. The lowest BCUT2D eigenvalue weighted by atomic mass is 10.2. The number of carboxylic acid groups (broad SMARTS) is 1. The Morgan fingerprint density at radius 1 is 1.47 bits per heavy atom. The summed E-state index contributed by atoms with van der Waals surface area (Å²) in [4.78, 5) is 15.8. The Morgan fingerprint density at radius 3 is 2.87 bits per heavy atom. The van der Waals surface area contributed by atoms with E-state index < -0.39 is 5.97 Å². The molecule has 0 spiro atoms. The Balaban J connectivity index is 2.41. The lowest BCUT2D eigenvalue weighted by molar-refractivity contribution is 0.0697. The van der Waals surface area contributed by atoms with Crippen molar-refractivity contribution in [3.05, 3.63) is 41.0 Å². The van der Waals surface area contributed by atoms with E-state index in [1.165, 1.54) is 11.3 Å². The monoisotopic (exact) mass is 219 g/mol. The minimum atomic E-state index is -0.886. The topological polar surface area (TPSA) is 50.2 Å². The maximum Gasteiger partial charge on any atom is 0.336 e. The molecule has 0 bridgehead atoms. The number of aryl methyl sites for hydroxylation is 1.